The average molecular weight is 458 g/mol. The highest BCUT2D eigenvalue weighted by Crippen LogP contribution is 2.36. The third kappa shape index (κ3) is 6.50. The first-order chi connectivity index (χ1) is 14.2. The SMILES string of the molecule is CC1CC(c2cc(/C=C(\F)c3ccc(Cl)cn3)cc(F)c2F)N=C(N)S1.COC=O. The number of hydrogen-bond donors (Lipinski definition) is 1. The number of benzene rings is 1. The molecule has 10 heteroatoms. The molecule has 2 atom stereocenters. The summed E-state index contributed by atoms with van der Waals surface area (Å²) in [6.45, 7) is 2.31. The number of carbonyl (C=O) groups excluding carboxylic acids is 1. The second-order valence-electron chi connectivity index (χ2n) is 6.24. The summed E-state index contributed by atoms with van der Waals surface area (Å²) < 4.78 is 46.6. The van der Waals surface area contributed by atoms with E-state index in [1.54, 1.807) is 0 Å². The average Bonchev–Trinajstić information content (AvgIpc) is 2.70. The Morgan fingerprint density at radius 1 is 1.37 bits per heavy atom. The zero-order chi connectivity index (χ0) is 22.3. The fourth-order valence-corrected chi connectivity index (χ4v) is 3.69. The second kappa shape index (κ2) is 11.0. The van der Waals surface area contributed by atoms with Gasteiger partial charge in [-0.25, -0.2) is 13.2 Å². The summed E-state index contributed by atoms with van der Waals surface area (Å²) in [5, 5.41) is 0.816. The normalized spacial score (nSPS) is 18.7. The van der Waals surface area contributed by atoms with E-state index < -0.39 is 23.5 Å². The summed E-state index contributed by atoms with van der Waals surface area (Å²) in [5.41, 5.74) is 6.03. The Hall–Kier alpha value is -2.52. The molecule has 0 radical (unpaired) electrons. The number of nitrogens with two attached hydrogens (primary N) is 1. The number of methoxy groups -OCH3 is 1. The molecule has 0 amide bonds. The highest BCUT2D eigenvalue weighted by molar-refractivity contribution is 8.14. The number of rotatable bonds is 4. The van der Waals surface area contributed by atoms with Crippen LogP contribution in [0.15, 0.2) is 35.5 Å². The van der Waals surface area contributed by atoms with Gasteiger partial charge in [0.1, 0.15) is 5.83 Å². The fraction of sp³-hybridized carbons (Fsp3) is 0.250. The molecule has 2 heterocycles. The first kappa shape index (κ1) is 23.8. The molecule has 0 saturated heterocycles. The summed E-state index contributed by atoms with van der Waals surface area (Å²) in [6.07, 6.45) is 2.91. The van der Waals surface area contributed by atoms with Crippen molar-refractivity contribution in [1.82, 2.24) is 4.98 Å². The van der Waals surface area contributed by atoms with E-state index in [1.165, 1.54) is 43.3 Å². The third-order valence-electron chi connectivity index (χ3n) is 3.96. The van der Waals surface area contributed by atoms with Crippen molar-refractivity contribution in [3.8, 4) is 0 Å². The highest BCUT2D eigenvalue weighted by atomic mass is 35.5. The van der Waals surface area contributed by atoms with Crippen molar-refractivity contribution in [3.63, 3.8) is 0 Å². The van der Waals surface area contributed by atoms with Gasteiger partial charge in [0, 0.05) is 17.0 Å². The lowest BCUT2D eigenvalue weighted by molar-refractivity contribution is -0.126. The first-order valence-corrected chi connectivity index (χ1v) is 9.95. The van der Waals surface area contributed by atoms with Crippen LogP contribution in [0.4, 0.5) is 13.2 Å². The molecule has 3 rings (SSSR count). The molecule has 0 saturated carbocycles. The van der Waals surface area contributed by atoms with E-state index in [4.69, 9.17) is 22.1 Å². The molecular formula is C20H19ClF3N3O2S. The summed E-state index contributed by atoms with van der Waals surface area (Å²) in [5.74, 6) is -2.74. The van der Waals surface area contributed by atoms with Crippen molar-refractivity contribution >= 4 is 46.9 Å². The van der Waals surface area contributed by atoms with Crippen LogP contribution in [-0.2, 0) is 9.53 Å². The lowest BCUT2D eigenvalue weighted by atomic mass is 9.99. The Kier molecular flexibility index (Phi) is 8.73. The molecule has 2 aromatic rings. The number of amidine groups is 1. The molecule has 0 fully saturated rings. The van der Waals surface area contributed by atoms with Crippen molar-refractivity contribution in [3.05, 3.63) is 63.9 Å². The van der Waals surface area contributed by atoms with Gasteiger partial charge in [-0.1, -0.05) is 30.3 Å². The van der Waals surface area contributed by atoms with Gasteiger partial charge in [-0.05, 0) is 42.3 Å². The molecule has 160 valence electrons. The molecule has 0 bridgehead atoms. The van der Waals surface area contributed by atoms with Crippen LogP contribution < -0.4 is 5.73 Å². The Balaban J connectivity index is 0.000000735. The number of pyridine rings is 1. The number of aliphatic imine (C=N–C) groups is 1. The standard InChI is InChI=1S/C18H15ClF3N3S.C2H4O2/c1-9-4-16(25-18(23)26-9)12-5-10(7-14(21)17(12)22)6-13(20)15-3-2-11(19)8-24-15;1-4-2-3/h2-3,5-9,16H,4H2,1H3,(H2,23,25);2H,1H3/b13-6-;. The van der Waals surface area contributed by atoms with E-state index in [2.05, 4.69) is 14.7 Å². The summed E-state index contributed by atoms with van der Waals surface area (Å²) >= 11 is 7.11. The molecule has 0 spiro atoms. The lowest BCUT2D eigenvalue weighted by Gasteiger charge is -2.24. The van der Waals surface area contributed by atoms with Gasteiger partial charge in [0.15, 0.2) is 16.8 Å². The molecular weight excluding hydrogens is 439 g/mol. The minimum atomic E-state index is -1.06. The van der Waals surface area contributed by atoms with E-state index in [-0.39, 0.29) is 22.1 Å². The van der Waals surface area contributed by atoms with Gasteiger partial charge in [-0.3, -0.25) is 14.8 Å². The van der Waals surface area contributed by atoms with Gasteiger partial charge >= 0.3 is 0 Å². The predicted octanol–water partition coefficient (Wildman–Crippen LogP) is 5.15. The Morgan fingerprint density at radius 3 is 2.63 bits per heavy atom. The Labute approximate surface area is 181 Å². The van der Waals surface area contributed by atoms with Crippen LogP contribution in [-0.4, -0.2) is 29.0 Å². The summed E-state index contributed by atoms with van der Waals surface area (Å²) in [4.78, 5) is 17.0. The molecule has 2 N–H and O–H groups in total. The number of ether oxygens (including phenoxy) is 1. The molecule has 30 heavy (non-hydrogen) atoms. The van der Waals surface area contributed by atoms with Gasteiger partial charge in [0.2, 0.25) is 0 Å². The molecule has 2 unspecified atom stereocenters. The third-order valence-corrected chi connectivity index (χ3v) is 5.12. The van der Waals surface area contributed by atoms with Crippen LogP contribution in [0.2, 0.25) is 5.02 Å². The summed E-state index contributed by atoms with van der Waals surface area (Å²) in [6, 6.07) is 4.61. The number of halogens is 4. The largest absolute Gasteiger partial charge is 0.471 e. The van der Waals surface area contributed by atoms with Crippen LogP contribution in [0.1, 0.15) is 36.2 Å². The maximum Gasteiger partial charge on any atom is 0.292 e. The van der Waals surface area contributed by atoms with Crippen molar-refractivity contribution < 1.29 is 22.7 Å². The molecule has 0 aliphatic carbocycles. The molecule has 1 aliphatic rings. The number of thioether (sulfide) groups is 1. The fourth-order valence-electron chi connectivity index (χ4n) is 2.70. The predicted molar refractivity (Wildman–Crippen MR) is 114 cm³/mol. The molecule has 1 aromatic heterocycles. The number of carbonyl (C=O) groups is 1. The number of nitrogens with zero attached hydrogens (tertiary/aromatic N) is 2. The maximum atomic E-state index is 14.4. The minimum Gasteiger partial charge on any atom is -0.471 e. The van der Waals surface area contributed by atoms with Crippen LogP contribution >= 0.6 is 23.4 Å². The number of aromatic nitrogens is 1. The van der Waals surface area contributed by atoms with Gasteiger partial charge in [-0.15, -0.1) is 0 Å². The van der Waals surface area contributed by atoms with E-state index in [0.717, 1.165) is 12.1 Å². The van der Waals surface area contributed by atoms with Crippen LogP contribution in [0.3, 0.4) is 0 Å². The summed E-state index contributed by atoms with van der Waals surface area (Å²) in [7, 11) is 1.31. The van der Waals surface area contributed by atoms with Crippen molar-refractivity contribution in [2.75, 3.05) is 7.11 Å². The maximum absolute atomic E-state index is 14.4. The van der Waals surface area contributed by atoms with E-state index in [9.17, 15) is 13.2 Å². The van der Waals surface area contributed by atoms with Gasteiger partial charge in [0.05, 0.1) is 23.9 Å². The van der Waals surface area contributed by atoms with Crippen LogP contribution in [0, 0.1) is 11.6 Å². The smallest absolute Gasteiger partial charge is 0.292 e. The Bertz CT molecular complexity index is 955. The van der Waals surface area contributed by atoms with E-state index in [1.807, 2.05) is 6.92 Å². The van der Waals surface area contributed by atoms with Gasteiger partial charge < -0.3 is 10.5 Å². The monoisotopic (exact) mass is 457 g/mol. The molecule has 1 aliphatic heterocycles. The number of hydrogen-bond acceptors (Lipinski definition) is 6. The van der Waals surface area contributed by atoms with Crippen molar-refractivity contribution in [2.24, 2.45) is 10.7 Å². The highest BCUT2D eigenvalue weighted by Gasteiger charge is 2.25. The topological polar surface area (TPSA) is 77.6 Å². The van der Waals surface area contributed by atoms with Crippen molar-refractivity contribution in [2.45, 2.75) is 24.6 Å². The quantitative estimate of drug-likeness (QED) is 0.642. The van der Waals surface area contributed by atoms with Gasteiger partial charge in [0.25, 0.3) is 6.47 Å². The Morgan fingerprint density at radius 2 is 2.07 bits per heavy atom. The molecule has 5 nitrogen and oxygen atoms in total. The lowest BCUT2D eigenvalue weighted by Crippen LogP contribution is -2.21. The minimum absolute atomic E-state index is 0.0469. The van der Waals surface area contributed by atoms with Gasteiger partial charge in [-0.2, -0.15) is 0 Å². The zero-order valence-electron chi connectivity index (χ0n) is 16.1. The van der Waals surface area contributed by atoms with E-state index in [0.29, 0.717) is 23.1 Å². The van der Waals surface area contributed by atoms with E-state index >= 15 is 0 Å². The van der Waals surface area contributed by atoms with Crippen molar-refractivity contribution in [1.29, 1.82) is 0 Å². The van der Waals surface area contributed by atoms with Crippen LogP contribution in [0.5, 0.6) is 0 Å². The zero-order valence-corrected chi connectivity index (χ0v) is 17.7. The second-order valence-corrected chi connectivity index (χ2v) is 8.13. The first-order valence-electron chi connectivity index (χ1n) is 8.69. The van der Waals surface area contributed by atoms with Crippen LogP contribution in [0.25, 0.3) is 11.9 Å². The molecule has 1 aromatic carbocycles.